The second-order valence-corrected chi connectivity index (χ2v) is 5.73. The molecule has 18 heavy (non-hydrogen) atoms. The summed E-state index contributed by atoms with van der Waals surface area (Å²) < 4.78 is 0. The highest BCUT2D eigenvalue weighted by atomic mass is 35.5. The van der Waals surface area contributed by atoms with Gasteiger partial charge in [-0.15, -0.1) is 11.6 Å². The van der Waals surface area contributed by atoms with Crippen molar-refractivity contribution >= 4 is 40.7 Å². The van der Waals surface area contributed by atoms with Crippen LogP contribution in [0.25, 0.3) is 0 Å². The standard InChI is InChI=1S/C13H16Cl3NO/c1-8(2)5-10(7-14)17-13(18)11-4-3-9(15)6-12(11)16/h3-4,6,8,10H,5,7H2,1-2H3,(H,17,18). The number of benzene rings is 1. The van der Waals surface area contributed by atoms with E-state index in [9.17, 15) is 4.79 Å². The van der Waals surface area contributed by atoms with Crippen molar-refractivity contribution in [2.24, 2.45) is 5.92 Å². The molecular weight excluding hydrogens is 293 g/mol. The molecule has 5 heteroatoms. The molecule has 0 bridgehead atoms. The van der Waals surface area contributed by atoms with Gasteiger partial charge in [-0.25, -0.2) is 0 Å². The minimum Gasteiger partial charge on any atom is -0.348 e. The number of amides is 1. The molecule has 100 valence electrons. The minimum atomic E-state index is -0.219. The van der Waals surface area contributed by atoms with Crippen molar-refractivity contribution in [3.05, 3.63) is 33.8 Å². The lowest BCUT2D eigenvalue weighted by molar-refractivity contribution is 0.0937. The smallest absolute Gasteiger partial charge is 0.253 e. The molecule has 1 N–H and O–H groups in total. The molecule has 1 aromatic carbocycles. The number of hydrogen-bond acceptors (Lipinski definition) is 1. The number of halogens is 3. The van der Waals surface area contributed by atoms with Crippen LogP contribution in [-0.2, 0) is 0 Å². The number of carbonyl (C=O) groups excluding carboxylic acids is 1. The van der Waals surface area contributed by atoms with Crippen molar-refractivity contribution in [3.8, 4) is 0 Å². The number of carbonyl (C=O) groups is 1. The molecule has 0 saturated carbocycles. The lowest BCUT2D eigenvalue weighted by Gasteiger charge is -2.18. The highest BCUT2D eigenvalue weighted by molar-refractivity contribution is 6.36. The highest BCUT2D eigenvalue weighted by Crippen LogP contribution is 2.21. The van der Waals surface area contributed by atoms with Gasteiger partial charge < -0.3 is 5.32 Å². The summed E-state index contributed by atoms with van der Waals surface area (Å²) in [7, 11) is 0. The minimum absolute atomic E-state index is 0.0501. The van der Waals surface area contributed by atoms with Gasteiger partial charge in [0.05, 0.1) is 10.6 Å². The molecular formula is C13H16Cl3NO. The van der Waals surface area contributed by atoms with Gasteiger partial charge in [-0.3, -0.25) is 4.79 Å². The van der Waals surface area contributed by atoms with E-state index in [0.717, 1.165) is 6.42 Å². The zero-order valence-corrected chi connectivity index (χ0v) is 12.6. The number of alkyl halides is 1. The van der Waals surface area contributed by atoms with Crippen LogP contribution in [0.15, 0.2) is 18.2 Å². The average molecular weight is 309 g/mol. The molecule has 0 aliphatic carbocycles. The first-order valence-corrected chi connectivity index (χ1v) is 7.05. The Morgan fingerprint density at radius 3 is 2.50 bits per heavy atom. The van der Waals surface area contributed by atoms with E-state index >= 15 is 0 Å². The van der Waals surface area contributed by atoms with Crippen LogP contribution < -0.4 is 5.32 Å². The van der Waals surface area contributed by atoms with E-state index in [1.807, 2.05) is 0 Å². The summed E-state index contributed by atoms with van der Waals surface area (Å²) in [6.07, 6.45) is 0.834. The quantitative estimate of drug-likeness (QED) is 0.804. The van der Waals surface area contributed by atoms with E-state index in [4.69, 9.17) is 34.8 Å². The van der Waals surface area contributed by atoms with E-state index in [1.54, 1.807) is 18.2 Å². The van der Waals surface area contributed by atoms with E-state index in [1.165, 1.54) is 0 Å². The van der Waals surface area contributed by atoms with Crippen LogP contribution in [0, 0.1) is 5.92 Å². The van der Waals surface area contributed by atoms with Gasteiger partial charge in [0.15, 0.2) is 0 Å². The van der Waals surface area contributed by atoms with Crippen LogP contribution in [0.2, 0.25) is 10.0 Å². The molecule has 1 aromatic rings. The Hall–Kier alpha value is -0.440. The fraction of sp³-hybridized carbons (Fsp3) is 0.462. The maximum atomic E-state index is 12.0. The lowest BCUT2D eigenvalue weighted by atomic mass is 10.0. The molecule has 0 fully saturated rings. The van der Waals surface area contributed by atoms with E-state index in [-0.39, 0.29) is 11.9 Å². The summed E-state index contributed by atoms with van der Waals surface area (Å²) in [6, 6.07) is 4.75. The third kappa shape index (κ3) is 4.68. The van der Waals surface area contributed by atoms with Crippen LogP contribution in [0.5, 0.6) is 0 Å². The molecule has 1 rings (SSSR count). The molecule has 0 heterocycles. The number of hydrogen-bond donors (Lipinski definition) is 1. The Labute approximate surface area is 123 Å². The predicted molar refractivity (Wildman–Crippen MR) is 77.9 cm³/mol. The molecule has 1 unspecified atom stereocenters. The van der Waals surface area contributed by atoms with Crippen molar-refractivity contribution in [3.63, 3.8) is 0 Å². The van der Waals surface area contributed by atoms with Gasteiger partial charge in [0.2, 0.25) is 0 Å². The first-order chi connectivity index (χ1) is 8.43. The predicted octanol–water partition coefficient (Wildman–Crippen LogP) is 4.38. The molecule has 1 amide bonds. The third-order valence-electron chi connectivity index (χ3n) is 2.45. The van der Waals surface area contributed by atoms with Gasteiger partial charge in [-0.1, -0.05) is 37.0 Å². The molecule has 0 radical (unpaired) electrons. The van der Waals surface area contributed by atoms with Crippen LogP contribution in [0.1, 0.15) is 30.6 Å². The fourth-order valence-electron chi connectivity index (χ4n) is 1.67. The van der Waals surface area contributed by atoms with Crippen molar-refractivity contribution < 1.29 is 4.79 Å². The largest absolute Gasteiger partial charge is 0.348 e. The van der Waals surface area contributed by atoms with Crippen LogP contribution in [0.3, 0.4) is 0 Å². The summed E-state index contributed by atoms with van der Waals surface area (Å²) >= 11 is 17.6. The molecule has 0 aliphatic heterocycles. The van der Waals surface area contributed by atoms with Gasteiger partial charge in [-0.05, 0) is 30.5 Å². The maximum Gasteiger partial charge on any atom is 0.253 e. The Morgan fingerprint density at radius 2 is 2.00 bits per heavy atom. The molecule has 1 atom stereocenters. The molecule has 0 saturated heterocycles. The maximum absolute atomic E-state index is 12.0. The topological polar surface area (TPSA) is 29.1 Å². The third-order valence-corrected chi connectivity index (χ3v) is 3.37. The Morgan fingerprint density at radius 1 is 1.33 bits per heavy atom. The van der Waals surface area contributed by atoms with Crippen LogP contribution in [0.4, 0.5) is 0 Å². The van der Waals surface area contributed by atoms with Gasteiger partial charge in [0, 0.05) is 16.9 Å². The summed E-state index contributed by atoms with van der Waals surface area (Å²) in [5.41, 5.74) is 0.417. The van der Waals surface area contributed by atoms with Gasteiger partial charge >= 0.3 is 0 Å². The SMILES string of the molecule is CC(C)CC(CCl)NC(=O)c1ccc(Cl)cc1Cl. The Bertz CT molecular complexity index is 421. The summed E-state index contributed by atoms with van der Waals surface area (Å²) in [6.45, 7) is 4.17. The summed E-state index contributed by atoms with van der Waals surface area (Å²) in [4.78, 5) is 12.0. The molecule has 0 aromatic heterocycles. The highest BCUT2D eigenvalue weighted by Gasteiger charge is 2.16. The van der Waals surface area contributed by atoms with Gasteiger partial charge in [0.25, 0.3) is 5.91 Å². The monoisotopic (exact) mass is 307 g/mol. The number of nitrogens with one attached hydrogen (secondary N) is 1. The fourth-order valence-corrected chi connectivity index (χ4v) is 2.36. The first kappa shape index (κ1) is 15.6. The van der Waals surface area contributed by atoms with E-state index < -0.39 is 0 Å². The van der Waals surface area contributed by atoms with Gasteiger partial charge in [-0.2, -0.15) is 0 Å². The van der Waals surface area contributed by atoms with E-state index in [2.05, 4.69) is 19.2 Å². The van der Waals surface area contributed by atoms with Crippen molar-refractivity contribution in [2.45, 2.75) is 26.3 Å². The van der Waals surface area contributed by atoms with Crippen molar-refractivity contribution in [1.29, 1.82) is 0 Å². The van der Waals surface area contributed by atoms with Crippen molar-refractivity contribution in [2.75, 3.05) is 5.88 Å². The Balaban J connectivity index is 2.74. The van der Waals surface area contributed by atoms with Gasteiger partial charge in [0.1, 0.15) is 0 Å². The number of rotatable bonds is 5. The zero-order chi connectivity index (χ0) is 13.7. The Kier molecular flexibility index (Phi) is 6.27. The second-order valence-electron chi connectivity index (χ2n) is 4.58. The average Bonchev–Trinajstić information content (AvgIpc) is 2.27. The summed E-state index contributed by atoms with van der Waals surface area (Å²) in [5.74, 6) is 0.632. The normalized spacial score (nSPS) is 12.6. The zero-order valence-electron chi connectivity index (χ0n) is 10.3. The molecule has 2 nitrogen and oxygen atoms in total. The van der Waals surface area contributed by atoms with Crippen LogP contribution >= 0.6 is 34.8 Å². The lowest BCUT2D eigenvalue weighted by Crippen LogP contribution is -2.37. The van der Waals surface area contributed by atoms with Crippen LogP contribution in [-0.4, -0.2) is 17.8 Å². The summed E-state index contributed by atoms with van der Waals surface area (Å²) in [5, 5.41) is 3.73. The van der Waals surface area contributed by atoms with E-state index in [0.29, 0.717) is 27.4 Å². The van der Waals surface area contributed by atoms with Crippen molar-refractivity contribution in [1.82, 2.24) is 5.32 Å². The first-order valence-electron chi connectivity index (χ1n) is 5.76. The molecule has 0 spiro atoms. The molecule has 0 aliphatic rings. The second kappa shape index (κ2) is 7.22.